The molecule has 1 N–H and O–H groups in total. The normalized spacial score (nSPS) is 13.7. The van der Waals surface area contributed by atoms with E-state index in [1.54, 1.807) is 12.4 Å². The Hall–Kier alpha value is -1.46. The van der Waals surface area contributed by atoms with Gasteiger partial charge in [-0.1, -0.05) is 0 Å². The zero-order chi connectivity index (χ0) is 13.1. The highest BCUT2D eigenvalue weighted by atomic mass is 16.3. The van der Waals surface area contributed by atoms with Crippen LogP contribution in [0.2, 0.25) is 0 Å². The second kappa shape index (κ2) is 5.46. The first kappa shape index (κ1) is 13.0. The number of hydrogen-bond donors (Lipinski definition) is 1. The van der Waals surface area contributed by atoms with Crippen molar-refractivity contribution in [3.05, 3.63) is 30.5 Å². The Bertz CT molecular complexity index is 506. The van der Waals surface area contributed by atoms with Crippen molar-refractivity contribution in [2.75, 3.05) is 6.54 Å². The lowest BCUT2D eigenvalue weighted by Gasteiger charge is -2.27. The largest absolute Gasteiger partial charge is 0.392 e. The van der Waals surface area contributed by atoms with E-state index >= 15 is 0 Å². The first-order valence-electron chi connectivity index (χ1n) is 6.26. The number of imidazole rings is 1. The predicted molar refractivity (Wildman–Crippen MR) is 70.2 cm³/mol. The number of aliphatic hydroxyl groups excluding tert-OH is 1. The minimum absolute atomic E-state index is 0.326. The van der Waals surface area contributed by atoms with Crippen molar-refractivity contribution in [3.63, 3.8) is 0 Å². The fraction of sp³-hybridized carbons (Fsp3) is 0.538. The van der Waals surface area contributed by atoms with Gasteiger partial charge in [-0.05, 0) is 20.8 Å². The van der Waals surface area contributed by atoms with Crippen LogP contribution in [0.1, 0.15) is 26.5 Å². The Kier molecular flexibility index (Phi) is 3.93. The molecule has 0 fully saturated rings. The van der Waals surface area contributed by atoms with Crippen molar-refractivity contribution in [3.8, 4) is 0 Å². The van der Waals surface area contributed by atoms with Crippen LogP contribution in [0.25, 0.3) is 5.65 Å². The Morgan fingerprint density at radius 3 is 2.78 bits per heavy atom. The molecular formula is C13H20N4O. The topological polar surface area (TPSA) is 53.7 Å². The molecule has 18 heavy (non-hydrogen) atoms. The highest BCUT2D eigenvalue weighted by Crippen LogP contribution is 2.11. The molecular weight excluding hydrogens is 228 g/mol. The summed E-state index contributed by atoms with van der Waals surface area (Å²) in [6.45, 7) is 7.51. The van der Waals surface area contributed by atoms with E-state index in [1.165, 1.54) is 0 Å². The summed E-state index contributed by atoms with van der Waals surface area (Å²) in [7, 11) is 0. The molecule has 2 aromatic heterocycles. The highest BCUT2D eigenvalue weighted by molar-refractivity contribution is 5.36. The van der Waals surface area contributed by atoms with Gasteiger partial charge in [0.05, 0.1) is 24.2 Å². The van der Waals surface area contributed by atoms with Gasteiger partial charge in [-0.25, -0.2) is 4.98 Å². The van der Waals surface area contributed by atoms with Crippen LogP contribution in [0.5, 0.6) is 0 Å². The van der Waals surface area contributed by atoms with Gasteiger partial charge in [-0.15, -0.1) is 0 Å². The molecule has 0 aliphatic rings. The smallest absolute Gasteiger partial charge is 0.155 e. The number of rotatable bonds is 5. The van der Waals surface area contributed by atoms with Crippen molar-refractivity contribution in [1.29, 1.82) is 0 Å². The Labute approximate surface area is 107 Å². The second-order valence-electron chi connectivity index (χ2n) is 4.93. The minimum atomic E-state index is -0.326. The summed E-state index contributed by atoms with van der Waals surface area (Å²) in [4.78, 5) is 10.6. The number of fused-ring (bicyclic) bond motifs is 1. The van der Waals surface area contributed by atoms with Gasteiger partial charge in [0.15, 0.2) is 5.65 Å². The van der Waals surface area contributed by atoms with Crippen molar-refractivity contribution in [1.82, 2.24) is 19.3 Å². The van der Waals surface area contributed by atoms with Crippen LogP contribution >= 0.6 is 0 Å². The molecule has 0 bridgehead atoms. The van der Waals surface area contributed by atoms with Crippen LogP contribution in [0.4, 0.5) is 0 Å². The summed E-state index contributed by atoms with van der Waals surface area (Å²) >= 11 is 0. The summed E-state index contributed by atoms with van der Waals surface area (Å²) in [5.41, 5.74) is 1.97. The minimum Gasteiger partial charge on any atom is -0.392 e. The summed E-state index contributed by atoms with van der Waals surface area (Å²) in [6, 6.07) is 0.381. The zero-order valence-electron chi connectivity index (χ0n) is 11.1. The van der Waals surface area contributed by atoms with E-state index in [2.05, 4.69) is 28.7 Å². The molecule has 0 amide bonds. The highest BCUT2D eigenvalue weighted by Gasteiger charge is 2.14. The van der Waals surface area contributed by atoms with Gasteiger partial charge in [0, 0.05) is 31.5 Å². The number of aromatic nitrogens is 3. The molecule has 2 aromatic rings. The molecule has 98 valence electrons. The number of nitrogens with zero attached hydrogens (tertiary/aromatic N) is 4. The van der Waals surface area contributed by atoms with Crippen molar-refractivity contribution >= 4 is 5.65 Å². The summed E-state index contributed by atoms with van der Waals surface area (Å²) in [5.74, 6) is 0. The molecule has 1 atom stereocenters. The number of hydrogen-bond acceptors (Lipinski definition) is 4. The van der Waals surface area contributed by atoms with Gasteiger partial charge in [-0.2, -0.15) is 0 Å². The molecule has 0 aliphatic heterocycles. The third-order valence-corrected chi connectivity index (χ3v) is 2.99. The lowest BCUT2D eigenvalue weighted by Crippen LogP contribution is -2.36. The van der Waals surface area contributed by atoms with E-state index in [-0.39, 0.29) is 6.10 Å². The van der Waals surface area contributed by atoms with E-state index < -0.39 is 0 Å². The Morgan fingerprint density at radius 1 is 1.33 bits per heavy atom. The molecule has 5 heteroatoms. The van der Waals surface area contributed by atoms with Crippen molar-refractivity contribution in [2.24, 2.45) is 0 Å². The van der Waals surface area contributed by atoms with Gasteiger partial charge < -0.3 is 5.11 Å². The number of aliphatic hydroxyl groups is 1. The SMILES string of the molecule is CC(O)CN(Cc1cnc2cnccn12)C(C)C. The van der Waals surface area contributed by atoms with Gasteiger partial charge in [0.25, 0.3) is 0 Å². The fourth-order valence-electron chi connectivity index (χ4n) is 2.02. The van der Waals surface area contributed by atoms with E-state index in [0.29, 0.717) is 12.6 Å². The maximum atomic E-state index is 9.54. The molecule has 0 radical (unpaired) electrons. The molecule has 5 nitrogen and oxygen atoms in total. The first-order valence-corrected chi connectivity index (χ1v) is 6.26. The first-order chi connectivity index (χ1) is 8.58. The zero-order valence-corrected chi connectivity index (χ0v) is 11.1. The molecule has 2 rings (SSSR count). The Morgan fingerprint density at radius 2 is 2.11 bits per heavy atom. The summed E-state index contributed by atoms with van der Waals surface area (Å²) in [5, 5.41) is 9.54. The molecule has 0 spiro atoms. The van der Waals surface area contributed by atoms with Crippen LogP contribution in [-0.2, 0) is 6.54 Å². The quantitative estimate of drug-likeness (QED) is 0.867. The average Bonchev–Trinajstić information content (AvgIpc) is 2.71. The van der Waals surface area contributed by atoms with E-state index in [9.17, 15) is 5.11 Å². The predicted octanol–water partition coefficient (Wildman–Crippen LogP) is 1.32. The van der Waals surface area contributed by atoms with Crippen molar-refractivity contribution in [2.45, 2.75) is 39.5 Å². The molecule has 0 aliphatic carbocycles. The summed E-state index contributed by atoms with van der Waals surface area (Å²) in [6.07, 6.45) is 6.96. The third kappa shape index (κ3) is 2.86. The average molecular weight is 248 g/mol. The van der Waals surface area contributed by atoms with Gasteiger partial charge >= 0.3 is 0 Å². The molecule has 0 saturated heterocycles. The van der Waals surface area contributed by atoms with Gasteiger partial charge in [-0.3, -0.25) is 14.3 Å². The summed E-state index contributed by atoms with van der Waals surface area (Å²) < 4.78 is 2.03. The van der Waals surface area contributed by atoms with E-state index in [0.717, 1.165) is 17.9 Å². The van der Waals surface area contributed by atoms with Crippen molar-refractivity contribution < 1.29 is 5.11 Å². The van der Waals surface area contributed by atoms with Gasteiger partial charge in [0.1, 0.15) is 0 Å². The van der Waals surface area contributed by atoms with E-state index in [1.807, 2.05) is 23.7 Å². The van der Waals surface area contributed by atoms with Gasteiger partial charge in [0.2, 0.25) is 0 Å². The second-order valence-corrected chi connectivity index (χ2v) is 4.93. The van der Waals surface area contributed by atoms with Crippen LogP contribution in [0.15, 0.2) is 24.8 Å². The Balaban J connectivity index is 2.20. The maximum Gasteiger partial charge on any atom is 0.155 e. The fourth-order valence-corrected chi connectivity index (χ4v) is 2.02. The molecule has 0 aromatic carbocycles. The lowest BCUT2D eigenvalue weighted by molar-refractivity contribution is 0.102. The van der Waals surface area contributed by atoms with Crippen LogP contribution < -0.4 is 0 Å². The lowest BCUT2D eigenvalue weighted by atomic mass is 10.2. The van der Waals surface area contributed by atoms with Crippen LogP contribution in [0, 0.1) is 0 Å². The van der Waals surface area contributed by atoms with Crippen LogP contribution in [-0.4, -0.2) is 43.1 Å². The third-order valence-electron chi connectivity index (χ3n) is 2.99. The standard InChI is InChI=1S/C13H20N4O/c1-10(2)16(8-11(3)18)9-12-6-15-13-7-14-4-5-17(12)13/h4-7,10-11,18H,8-9H2,1-3H3. The maximum absolute atomic E-state index is 9.54. The van der Waals surface area contributed by atoms with E-state index in [4.69, 9.17) is 0 Å². The molecule has 2 heterocycles. The monoisotopic (exact) mass is 248 g/mol. The molecule has 1 unspecified atom stereocenters. The molecule has 0 saturated carbocycles. The van der Waals surface area contributed by atoms with Crippen LogP contribution in [0.3, 0.4) is 0 Å².